The van der Waals surface area contributed by atoms with E-state index in [1.165, 1.54) is 18.2 Å². The molecule has 29 heavy (non-hydrogen) atoms. The molecule has 6 nitrogen and oxygen atoms in total. The number of amides is 2. The first-order valence-electron chi connectivity index (χ1n) is 9.50. The summed E-state index contributed by atoms with van der Waals surface area (Å²) < 4.78 is 14.8. The van der Waals surface area contributed by atoms with E-state index < -0.39 is 5.82 Å². The number of nitrogens with one attached hydrogen (secondary N) is 2. The predicted octanol–water partition coefficient (Wildman–Crippen LogP) is 4.05. The molecule has 0 saturated heterocycles. The Balaban J connectivity index is 1.32. The number of aromatic nitrogens is 2. The Kier molecular flexibility index (Phi) is 5.49. The molecule has 4 rings (SSSR count). The third kappa shape index (κ3) is 4.24. The number of hydrogen-bond donors (Lipinski definition) is 2. The molecule has 1 aliphatic carbocycles. The molecule has 0 radical (unpaired) electrons. The minimum Gasteiger partial charge on any atom is -0.349 e. The second kappa shape index (κ2) is 8.21. The molecule has 2 N–H and O–H groups in total. The van der Waals surface area contributed by atoms with Gasteiger partial charge in [-0.05, 0) is 56.0 Å². The topological polar surface area (TPSA) is 75.5 Å². The van der Waals surface area contributed by atoms with Crippen molar-refractivity contribution in [1.82, 2.24) is 14.9 Å². The molecule has 0 spiro atoms. The summed E-state index contributed by atoms with van der Waals surface area (Å²) in [6, 6.07) is 9.47. The molecule has 3 aromatic rings. The second-order valence-corrected chi connectivity index (χ2v) is 7.63. The smallest absolute Gasteiger partial charge is 0.255 e. The van der Waals surface area contributed by atoms with Gasteiger partial charge in [0.05, 0.1) is 28.0 Å². The summed E-state index contributed by atoms with van der Waals surface area (Å²) >= 11 is 5.97. The summed E-state index contributed by atoms with van der Waals surface area (Å²) in [6.07, 6.45) is 6.09. The fraction of sp³-hybridized carbons (Fsp3) is 0.286. The van der Waals surface area contributed by atoms with Gasteiger partial charge < -0.3 is 10.6 Å². The molecule has 0 aliphatic heterocycles. The molecular formula is C21H20ClFN4O2. The van der Waals surface area contributed by atoms with Crippen molar-refractivity contribution >= 4 is 34.6 Å². The van der Waals surface area contributed by atoms with Crippen LogP contribution in [0.3, 0.4) is 0 Å². The van der Waals surface area contributed by atoms with Crippen molar-refractivity contribution in [3.63, 3.8) is 0 Å². The number of hydrogen-bond acceptors (Lipinski definition) is 3. The number of rotatable bonds is 4. The Labute approximate surface area is 172 Å². The maximum atomic E-state index is 13.1. The summed E-state index contributed by atoms with van der Waals surface area (Å²) in [7, 11) is 0. The largest absolute Gasteiger partial charge is 0.349 e. The van der Waals surface area contributed by atoms with Gasteiger partial charge in [0.25, 0.3) is 5.91 Å². The summed E-state index contributed by atoms with van der Waals surface area (Å²) in [4.78, 5) is 25.1. The Hall–Kier alpha value is -2.93. The van der Waals surface area contributed by atoms with Crippen molar-refractivity contribution in [2.75, 3.05) is 5.32 Å². The quantitative estimate of drug-likeness (QED) is 0.676. The van der Waals surface area contributed by atoms with E-state index >= 15 is 0 Å². The highest BCUT2D eigenvalue weighted by molar-refractivity contribution is 6.33. The normalized spacial score (nSPS) is 19.1. The average Bonchev–Trinajstić information content (AvgIpc) is 3.15. The van der Waals surface area contributed by atoms with Crippen LogP contribution in [0.15, 0.2) is 48.8 Å². The van der Waals surface area contributed by atoms with Gasteiger partial charge in [-0.3, -0.25) is 9.59 Å². The Morgan fingerprint density at radius 1 is 1.14 bits per heavy atom. The number of carbonyl (C=O) groups is 2. The lowest BCUT2D eigenvalue weighted by Crippen LogP contribution is -2.39. The highest BCUT2D eigenvalue weighted by Crippen LogP contribution is 2.28. The highest BCUT2D eigenvalue weighted by atomic mass is 35.5. The minimum absolute atomic E-state index is 0.0135. The van der Waals surface area contributed by atoms with Gasteiger partial charge in [0, 0.05) is 18.2 Å². The standard InChI is InChI=1S/C21H20ClFN4O2/c22-17-11-14(23)6-9-18(17)26-20(28)13-4-7-15(8-5-13)25-21(29)16-12-24-27-10-2-1-3-19(16)27/h1-3,6,9-13,15H,4-5,7-8H2,(H,25,29)(H,26,28). The van der Waals surface area contributed by atoms with Crippen molar-refractivity contribution in [3.8, 4) is 0 Å². The Morgan fingerprint density at radius 3 is 2.69 bits per heavy atom. The van der Waals surface area contributed by atoms with Gasteiger partial charge in [-0.25, -0.2) is 8.91 Å². The number of carbonyl (C=O) groups excluding carboxylic acids is 2. The third-order valence-electron chi connectivity index (χ3n) is 5.29. The van der Waals surface area contributed by atoms with E-state index in [2.05, 4.69) is 15.7 Å². The summed E-state index contributed by atoms with van der Waals surface area (Å²) in [5.41, 5.74) is 1.70. The summed E-state index contributed by atoms with van der Waals surface area (Å²) in [5, 5.41) is 10.2. The lowest BCUT2D eigenvalue weighted by Gasteiger charge is -2.28. The second-order valence-electron chi connectivity index (χ2n) is 7.22. The molecule has 8 heteroatoms. The Morgan fingerprint density at radius 2 is 1.93 bits per heavy atom. The highest BCUT2D eigenvalue weighted by Gasteiger charge is 2.28. The van der Waals surface area contributed by atoms with Crippen LogP contribution in [0, 0.1) is 11.7 Å². The monoisotopic (exact) mass is 414 g/mol. The molecule has 1 fully saturated rings. The number of anilines is 1. The van der Waals surface area contributed by atoms with Crippen LogP contribution in [0.5, 0.6) is 0 Å². The zero-order valence-electron chi connectivity index (χ0n) is 15.6. The molecule has 150 valence electrons. The van der Waals surface area contributed by atoms with Crippen LogP contribution >= 0.6 is 11.6 Å². The van der Waals surface area contributed by atoms with Crippen molar-refractivity contribution in [1.29, 1.82) is 0 Å². The van der Waals surface area contributed by atoms with Gasteiger partial charge in [0.15, 0.2) is 0 Å². The van der Waals surface area contributed by atoms with E-state index in [-0.39, 0.29) is 28.8 Å². The molecule has 1 aromatic carbocycles. The number of pyridine rings is 1. The van der Waals surface area contributed by atoms with Crippen molar-refractivity contribution in [2.24, 2.45) is 5.92 Å². The lowest BCUT2D eigenvalue weighted by atomic mass is 9.85. The molecule has 1 saturated carbocycles. The molecule has 2 aromatic heterocycles. The van der Waals surface area contributed by atoms with Gasteiger partial charge in [0.2, 0.25) is 5.91 Å². The number of nitrogens with zero attached hydrogens (tertiary/aromatic N) is 2. The van der Waals surface area contributed by atoms with Crippen molar-refractivity contribution in [2.45, 2.75) is 31.7 Å². The van der Waals surface area contributed by atoms with E-state index in [0.29, 0.717) is 36.9 Å². The molecule has 0 unspecified atom stereocenters. The third-order valence-corrected chi connectivity index (χ3v) is 5.61. The molecule has 1 aliphatic rings. The van der Waals surface area contributed by atoms with Gasteiger partial charge in [-0.1, -0.05) is 17.7 Å². The molecular weight excluding hydrogens is 395 g/mol. The Bertz CT molecular complexity index is 1060. The van der Waals surface area contributed by atoms with E-state index in [4.69, 9.17) is 11.6 Å². The van der Waals surface area contributed by atoms with Crippen LogP contribution in [0.25, 0.3) is 5.52 Å². The van der Waals surface area contributed by atoms with Crippen LogP contribution in [0.2, 0.25) is 5.02 Å². The van der Waals surface area contributed by atoms with Crippen LogP contribution in [0.1, 0.15) is 36.0 Å². The van der Waals surface area contributed by atoms with E-state index in [1.807, 2.05) is 18.2 Å². The van der Waals surface area contributed by atoms with Gasteiger partial charge in [0.1, 0.15) is 5.82 Å². The number of halogens is 2. The first-order chi connectivity index (χ1) is 14.0. The van der Waals surface area contributed by atoms with E-state index in [0.717, 1.165) is 5.52 Å². The van der Waals surface area contributed by atoms with Gasteiger partial charge in [-0.2, -0.15) is 5.10 Å². The van der Waals surface area contributed by atoms with Crippen LogP contribution < -0.4 is 10.6 Å². The maximum absolute atomic E-state index is 13.1. The SMILES string of the molecule is O=C(NC1CCC(C(=O)Nc2ccc(F)cc2Cl)CC1)c1cnn2ccccc12. The minimum atomic E-state index is -0.449. The zero-order chi connectivity index (χ0) is 20.4. The fourth-order valence-electron chi connectivity index (χ4n) is 3.70. The molecule has 2 heterocycles. The molecule has 0 atom stereocenters. The van der Waals surface area contributed by atoms with E-state index in [1.54, 1.807) is 16.9 Å². The van der Waals surface area contributed by atoms with Crippen LogP contribution in [-0.2, 0) is 4.79 Å². The van der Waals surface area contributed by atoms with Crippen LogP contribution in [0.4, 0.5) is 10.1 Å². The summed E-state index contributed by atoms with van der Waals surface area (Å²) in [6.45, 7) is 0. The van der Waals surface area contributed by atoms with E-state index in [9.17, 15) is 14.0 Å². The maximum Gasteiger partial charge on any atom is 0.255 e. The summed E-state index contributed by atoms with van der Waals surface area (Å²) in [5.74, 6) is -0.903. The number of fused-ring (bicyclic) bond motifs is 1. The first-order valence-corrected chi connectivity index (χ1v) is 9.88. The fourth-order valence-corrected chi connectivity index (χ4v) is 3.91. The van der Waals surface area contributed by atoms with Crippen molar-refractivity contribution in [3.05, 3.63) is 65.2 Å². The lowest BCUT2D eigenvalue weighted by molar-refractivity contribution is -0.120. The first kappa shape index (κ1) is 19.4. The molecule has 2 amide bonds. The van der Waals surface area contributed by atoms with Crippen LogP contribution in [-0.4, -0.2) is 27.5 Å². The number of benzene rings is 1. The van der Waals surface area contributed by atoms with Gasteiger partial charge in [-0.15, -0.1) is 0 Å². The zero-order valence-corrected chi connectivity index (χ0v) is 16.3. The molecule has 0 bridgehead atoms. The average molecular weight is 415 g/mol. The van der Waals surface area contributed by atoms with Crippen molar-refractivity contribution < 1.29 is 14.0 Å². The predicted molar refractivity (Wildman–Crippen MR) is 108 cm³/mol. The van der Waals surface area contributed by atoms with Gasteiger partial charge >= 0.3 is 0 Å².